The van der Waals surface area contributed by atoms with E-state index in [1.165, 1.54) is 0 Å². The fourth-order valence-electron chi connectivity index (χ4n) is 2.19. The molecule has 4 heteroatoms. The molecule has 15 heavy (non-hydrogen) atoms. The number of carboxylic acid groups (broad SMARTS) is 1. The van der Waals surface area contributed by atoms with Gasteiger partial charge in [-0.15, -0.1) is 0 Å². The molecule has 1 heterocycles. The van der Waals surface area contributed by atoms with Crippen LogP contribution in [0, 0.1) is 5.41 Å². The van der Waals surface area contributed by atoms with E-state index in [9.17, 15) is 9.90 Å². The molecule has 86 valence electrons. The van der Waals surface area contributed by atoms with E-state index in [1.807, 2.05) is 11.8 Å². The van der Waals surface area contributed by atoms with Crippen molar-refractivity contribution in [3.05, 3.63) is 0 Å². The zero-order valence-electron chi connectivity index (χ0n) is 9.38. The minimum Gasteiger partial charge on any atom is -0.480 e. The predicted molar refractivity (Wildman–Crippen MR) is 62.2 cm³/mol. The first-order chi connectivity index (χ1) is 6.96. The van der Waals surface area contributed by atoms with Crippen LogP contribution in [0.2, 0.25) is 0 Å². The molecule has 0 amide bonds. The van der Waals surface area contributed by atoms with Crippen molar-refractivity contribution in [2.75, 3.05) is 11.5 Å². The number of carboxylic acids is 1. The van der Waals surface area contributed by atoms with Gasteiger partial charge in [0.1, 0.15) is 5.54 Å². The Morgan fingerprint density at radius 3 is 2.33 bits per heavy atom. The highest BCUT2D eigenvalue weighted by Crippen LogP contribution is 2.46. The Kier molecular flexibility index (Phi) is 2.75. The van der Waals surface area contributed by atoms with Crippen LogP contribution in [0.3, 0.4) is 0 Å². The summed E-state index contributed by atoms with van der Waals surface area (Å²) in [6, 6.07) is 0.400. The lowest BCUT2D eigenvalue weighted by molar-refractivity contribution is -0.145. The second-order valence-electron chi connectivity index (χ2n) is 5.39. The lowest BCUT2D eigenvalue weighted by atomic mass is 9.91. The first-order valence-electron chi connectivity index (χ1n) is 5.55. The van der Waals surface area contributed by atoms with E-state index >= 15 is 0 Å². The number of thioether (sulfide) groups is 1. The van der Waals surface area contributed by atoms with Gasteiger partial charge in [0, 0.05) is 6.04 Å². The van der Waals surface area contributed by atoms with Gasteiger partial charge in [-0.1, -0.05) is 13.8 Å². The van der Waals surface area contributed by atoms with Crippen LogP contribution in [0.25, 0.3) is 0 Å². The summed E-state index contributed by atoms with van der Waals surface area (Å²) >= 11 is 1.86. The molecule has 0 aromatic carbocycles. The molecule has 0 spiro atoms. The standard InChI is InChI=1S/C11H19NO2S/c1-10(2)7-8(10)12-11(9(13)14)3-5-15-6-4-11/h8,12H,3-7H2,1-2H3,(H,13,14). The maximum atomic E-state index is 11.4. The van der Waals surface area contributed by atoms with Gasteiger partial charge in [-0.25, -0.2) is 0 Å². The quantitative estimate of drug-likeness (QED) is 0.773. The number of aliphatic carboxylic acids is 1. The molecule has 0 aromatic heterocycles. The summed E-state index contributed by atoms with van der Waals surface area (Å²) in [6.45, 7) is 4.38. The van der Waals surface area contributed by atoms with Crippen LogP contribution in [0.1, 0.15) is 33.1 Å². The first-order valence-corrected chi connectivity index (χ1v) is 6.71. The summed E-state index contributed by atoms with van der Waals surface area (Å²) in [5.41, 5.74) is -0.337. The van der Waals surface area contributed by atoms with Crippen LogP contribution < -0.4 is 5.32 Å². The smallest absolute Gasteiger partial charge is 0.323 e. The average molecular weight is 229 g/mol. The fourth-order valence-corrected chi connectivity index (χ4v) is 3.38. The van der Waals surface area contributed by atoms with Crippen molar-refractivity contribution in [2.45, 2.75) is 44.7 Å². The largest absolute Gasteiger partial charge is 0.480 e. The molecular weight excluding hydrogens is 210 g/mol. The van der Waals surface area contributed by atoms with Gasteiger partial charge < -0.3 is 5.11 Å². The molecule has 1 atom stereocenters. The van der Waals surface area contributed by atoms with Gasteiger partial charge in [0.05, 0.1) is 0 Å². The van der Waals surface area contributed by atoms with E-state index in [-0.39, 0.29) is 0 Å². The number of rotatable bonds is 3. The minimum atomic E-state index is -0.662. The topological polar surface area (TPSA) is 49.3 Å². The maximum absolute atomic E-state index is 11.4. The molecule has 0 bridgehead atoms. The molecule has 2 fully saturated rings. The van der Waals surface area contributed by atoms with Crippen molar-refractivity contribution in [2.24, 2.45) is 5.41 Å². The average Bonchev–Trinajstić information content (AvgIpc) is 2.74. The lowest BCUT2D eigenvalue weighted by Gasteiger charge is -2.34. The van der Waals surface area contributed by atoms with Crippen molar-refractivity contribution >= 4 is 17.7 Å². The van der Waals surface area contributed by atoms with Crippen molar-refractivity contribution in [3.63, 3.8) is 0 Å². The van der Waals surface area contributed by atoms with Crippen LogP contribution in [0.4, 0.5) is 0 Å². The summed E-state index contributed by atoms with van der Waals surface area (Å²) in [5, 5.41) is 12.7. The van der Waals surface area contributed by atoms with Crippen LogP contribution in [-0.2, 0) is 4.79 Å². The monoisotopic (exact) mass is 229 g/mol. The van der Waals surface area contributed by atoms with Gasteiger partial charge in [-0.05, 0) is 36.2 Å². The van der Waals surface area contributed by atoms with Crippen molar-refractivity contribution in [1.29, 1.82) is 0 Å². The fraction of sp³-hybridized carbons (Fsp3) is 0.909. The Morgan fingerprint density at radius 2 is 1.93 bits per heavy atom. The SMILES string of the molecule is CC1(C)CC1NC1(C(=O)O)CCSCC1. The van der Waals surface area contributed by atoms with E-state index in [0.29, 0.717) is 11.5 Å². The highest BCUT2D eigenvalue weighted by Gasteiger charge is 2.52. The zero-order chi connectivity index (χ0) is 11.1. The summed E-state index contributed by atoms with van der Waals surface area (Å²) in [4.78, 5) is 11.4. The summed E-state index contributed by atoms with van der Waals surface area (Å²) in [6.07, 6.45) is 2.63. The van der Waals surface area contributed by atoms with Crippen molar-refractivity contribution in [1.82, 2.24) is 5.32 Å². The molecule has 1 saturated heterocycles. The summed E-state index contributed by atoms with van der Waals surface area (Å²) in [5.74, 6) is 1.27. The van der Waals surface area contributed by atoms with Crippen LogP contribution in [0.5, 0.6) is 0 Å². The first kappa shape index (κ1) is 11.3. The Hall–Kier alpha value is -0.220. The molecule has 1 aliphatic carbocycles. The Morgan fingerprint density at radius 1 is 1.40 bits per heavy atom. The predicted octanol–water partition coefficient (Wildman–Crippen LogP) is 1.72. The Bertz CT molecular complexity index is 272. The third kappa shape index (κ3) is 2.16. The Balaban J connectivity index is 2.03. The van der Waals surface area contributed by atoms with E-state index in [2.05, 4.69) is 19.2 Å². The normalized spacial score (nSPS) is 32.3. The molecule has 2 aliphatic rings. The lowest BCUT2D eigenvalue weighted by Crippen LogP contribution is -2.55. The highest BCUT2D eigenvalue weighted by atomic mass is 32.2. The third-order valence-corrected chi connectivity index (χ3v) is 4.71. The molecule has 0 radical (unpaired) electrons. The molecular formula is C11H19NO2S. The van der Waals surface area contributed by atoms with Gasteiger partial charge in [0.15, 0.2) is 0 Å². The summed E-state index contributed by atoms with van der Waals surface area (Å²) < 4.78 is 0. The number of carbonyl (C=O) groups is 1. The molecule has 2 N–H and O–H groups in total. The zero-order valence-corrected chi connectivity index (χ0v) is 10.2. The minimum absolute atomic E-state index is 0.299. The van der Waals surface area contributed by atoms with E-state index in [0.717, 1.165) is 30.8 Å². The van der Waals surface area contributed by atoms with Crippen LogP contribution in [0.15, 0.2) is 0 Å². The number of hydrogen-bond acceptors (Lipinski definition) is 3. The molecule has 3 nitrogen and oxygen atoms in total. The number of hydrogen-bond donors (Lipinski definition) is 2. The molecule has 1 saturated carbocycles. The van der Waals surface area contributed by atoms with Gasteiger partial charge in [-0.2, -0.15) is 11.8 Å². The molecule has 2 rings (SSSR count). The van der Waals surface area contributed by atoms with Gasteiger partial charge in [-0.3, -0.25) is 10.1 Å². The van der Waals surface area contributed by atoms with Gasteiger partial charge in [0.25, 0.3) is 0 Å². The van der Waals surface area contributed by atoms with Crippen molar-refractivity contribution < 1.29 is 9.90 Å². The Labute approximate surface area is 95.0 Å². The molecule has 1 aliphatic heterocycles. The van der Waals surface area contributed by atoms with Gasteiger partial charge in [0.2, 0.25) is 0 Å². The van der Waals surface area contributed by atoms with Crippen LogP contribution >= 0.6 is 11.8 Å². The van der Waals surface area contributed by atoms with Crippen molar-refractivity contribution in [3.8, 4) is 0 Å². The van der Waals surface area contributed by atoms with E-state index in [4.69, 9.17) is 0 Å². The second-order valence-corrected chi connectivity index (χ2v) is 6.61. The molecule has 1 unspecified atom stereocenters. The van der Waals surface area contributed by atoms with E-state index in [1.54, 1.807) is 0 Å². The van der Waals surface area contributed by atoms with E-state index < -0.39 is 11.5 Å². The number of nitrogens with one attached hydrogen (secondary N) is 1. The maximum Gasteiger partial charge on any atom is 0.323 e. The summed E-state index contributed by atoms with van der Waals surface area (Å²) in [7, 11) is 0. The van der Waals surface area contributed by atoms with Gasteiger partial charge >= 0.3 is 5.97 Å². The third-order valence-electron chi connectivity index (χ3n) is 3.72. The highest BCUT2D eigenvalue weighted by molar-refractivity contribution is 7.99. The van der Waals surface area contributed by atoms with Crippen LogP contribution in [-0.4, -0.2) is 34.2 Å². The molecule has 0 aromatic rings. The second kappa shape index (κ2) is 3.67.